The average molecular weight is 303 g/mol. The third kappa shape index (κ3) is 3.91. The van der Waals surface area contributed by atoms with Crippen molar-refractivity contribution < 1.29 is 9.90 Å². The highest BCUT2D eigenvalue weighted by Gasteiger charge is 2.18. The van der Waals surface area contributed by atoms with Gasteiger partial charge in [-0.1, -0.05) is 32.0 Å². The second kappa shape index (κ2) is 6.39. The summed E-state index contributed by atoms with van der Waals surface area (Å²) in [6, 6.07) is 6.34. The van der Waals surface area contributed by atoms with Gasteiger partial charge in [0.15, 0.2) is 0 Å². The van der Waals surface area contributed by atoms with E-state index in [0.717, 1.165) is 10.7 Å². The van der Waals surface area contributed by atoms with Crippen LogP contribution in [0.3, 0.4) is 0 Å². The van der Waals surface area contributed by atoms with Crippen LogP contribution in [0.25, 0.3) is 0 Å². The van der Waals surface area contributed by atoms with Gasteiger partial charge in [0, 0.05) is 6.42 Å². The molecule has 3 nitrogen and oxygen atoms in total. The predicted octanol–water partition coefficient (Wildman–Crippen LogP) is 4.25. The number of nitrogens with zero attached hydrogens (tertiary/aromatic N) is 1. The molecule has 0 amide bonds. The molecule has 0 bridgehead atoms. The van der Waals surface area contributed by atoms with Crippen LogP contribution in [-0.2, 0) is 12.8 Å². The quantitative estimate of drug-likeness (QED) is 0.898. The fraction of sp³-hybridized carbons (Fsp3) is 0.412. The first kappa shape index (κ1) is 15.7. The van der Waals surface area contributed by atoms with E-state index in [1.807, 2.05) is 0 Å². The van der Waals surface area contributed by atoms with E-state index in [4.69, 9.17) is 0 Å². The Balaban J connectivity index is 2.27. The Hall–Kier alpha value is -1.68. The molecule has 0 saturated heterocycles. The summed E-state index contributed by atoms with van der Waals surface area (Å²) in [5, 5.41) is 10.2. The molecule has 0 fully saturated rings. The van der Waals surface area contributed by atoms with Gasteiger partial charge in [-0.2, -0.15) is 0 Å². The van der Waals surface area contributed by atoms with Gasteiger partial charge < -0.3 is 5.11 Å². The number of carboxylic acid groups (broad SMARTS) is 1. The maximum absolute atomic E-state index is 11.3. The molecule has 0 atom stereocenters. The SMILES string of the molecule is Cc1ccc(Cc2nc(CC(C)C)c(C(=O)O)s2)cc1C. The van der Waals surface area contributed by atoms with Crippen LogP contribution in [0.5, 0.6) is 0 Å². The van der Waals surface area contributed by atoms with Crippen molar-refractivity contribution in [1.82, 2.24) is 4.98 Å². The lowest BCUT2D eigenvalue weighted by Gasteiger charge is -2.03. The van der Waals surface area contributed by atoms with Crippen LogP contribution in [0.4, 0.5) is 0 Å². The summed E-state index contributed by atoms with van der Waals surface area (Å²) in [5.74, 6) is -0.464. The number of hydrogen-bond acceptors (Lipinski definition) is 3. The van der Waals surface area contributed by atoms with Crippen molar-refractivity contribution in [2.45, 2.75) is 40.5 Å². The van der Waals surface area contributed by atoms with E-state index in [0.29, 0.717) is 23.6 Å². The Morgan fingerprint density at radius 2 is 2.00 bits per heavy atom. The normalized spacial score (nSPS) is 11.1. The molecule has 0 saturated carbocycles. The Kier molecular flexibility index (Phi) is 4.78. The number of aromatic carboxylic acids is 1. The van der Waals surface area contributed by atoms with Gasteiger partial charge in [0.25, 0.3) is 0 Å². The molecule has 0 aliphatic rings. The lowest BCUT2D eigenvalue weighted by atomic mass is 10.0. The third-order valence-corrected chi connectivity index (χ3v) is 4.55. The number of carboxylic acids is 1. The molecule has 1 N–H and O–H groups in total. The summed E-state index contributed by atoms with van der Waals surface area (Å²) < 4.78 is 0. The fourth-order valence-electron chi connectivity index (χ4n) is 2.26. The van der Waals surface area contributed by atoms with Gasteiger partial charge in [0.1, 0.15) is 4.88 Å². The Morgan fingerprint density at radius 3 is 2.57 bits per heavy atom. The van der Waals surface area contributed by atoms with Crippen molar-refractivity contribution in [2.75, 3.05) is 0 Å². The highest BCUT2D eigenvalue weighted by Crippen LogP contribution is 2.24. The summed E-state index contributed by atoms with van der Waals surface area (Å²) in [7, 11) is 0. The lowest BCUT2D eigenvalue weighted by Crippen LogP contribution is -2.02. The monoisotopic (exact) mass is 303 g/mol. The molecular weight excluding hydrogens is 282 g/mol. The van der Waals surface area contributed by atoms with E-state index in [1.165, 1.54) is 28.0 Å². The van der Waals surface area contributed by atoms with Crippen LogP contribution in [0.1, 0.15) is 50.9 Å². The van der Waals surface area contributed by atoms with Crippen molar-refractivity contribution in [3.8, 4) is 0 Å². The van der Waals surface area contributed by atoms with E-state index in [-0.39, 0.29) is 0 Å². The number of rotatable bonds is 5. The molecule has 2 aromatic rings. The van der Waals surface area contributed by atoms with E-state index in [9.17, 15) is 9.90 Å². The van der Waals surface area contributed by atoms with Crippen LogP contribution in [0, 0.1) is 19.8 Å². The molecule has 0 unspecified atom stereocenters. The smallest absolute Gasteiger partial charge is 0.347 e. The number of benzene rings is 1. The molecule has 0 radical (unpaired) electrons. The zero-order chi connectivity index (χ0) is 15.6. The van der Waals surface area contributed by atoms with Crippen molar-refractivity contribution >= 4 is 17.3 Å². The Bertz CT molecular complexity index is 659. The standard InChI is InChI=1S/C17H21NO2S/c1-10(2)7-14-16(17(19)20)21-15(18-14)9-13-6-5-11(3)12(4)8-13/h5-6,8,10H,7,9H2,1-4H3,(H,19,20). The number of hydrogen-bond donors (Lipinski definition) is 1. The van der Waals surface area contributed by atoms with Crippen LogP contribution >= 0.6 is 11.3 Å². The Labute approximate surface area is 129 Å². The highest BCUT2D eigenvalue weighted by atomic mass is 32.1. The van der Waals surface area contributed by atoms with Gasteiger partial charge >= 0.3 is 5.97 Å². The van der Waals surface area contributed by atoms with Crippen molar-refractivity contribution in [2.24, 2.45) is 5.92 Å². The van der Waals surface area contributed by atoms with Gasteiger partial charge in [-0.05, 0) is 42.9 Å². The zero-order valence-corrected chi connectivity index (χ0v) is 13.8. The molecule has 0 aliphatic carbocycles. The summed E-state index contributed by atoms with van der Waals surface area (Å²) in [4.78, 5) is 16.3. The van der Waals surface area contributed by atoms with E-state index in [2.05, 4.69) is 50.9 Å². The number of aromatic nitrogens is 1. The molecule has 0 spiro atoms. The molecule has 1 aromatic heterocycles. The average Bonchev–Trinajstić information content (AvgIpc) is 2.76. The first-order valence-corrected chi connectivity index (χ1v) is 7.96. The molecule has 2 rings (SSSR count). The van der Waals surface area contributed by atoms with Crippen LogP contribution in [0.2, 0.25) is 0 Å². The lowest BCUT2D eigenvalue weighted by molar-refractivity contribution is 0.0700. The number of carbonyl (C=O) groups is 1. The minimum Gasteiger partial charge on any atom is -0.477 e. The van der Waals surface area contributed by atoms with Crippen LogP contribution in [-0.4, -0.2) is 16.1 Å². The van der Waals surface area contributed by atoms with Crippen molar-refractivity contribution in [3.05, 3.63) is 50.5 Å². The highest BCUT2D eigenvalue weighted by molar-refractivity contribution is 7.13. The third-order valence-electron chi connectivity index (χ3n) is 3.46. The van der Waals surface area contributed by atoms with Gasteiger partial charge in [-0.25, -0.2) is 9.78 Å². The minimum absolute atomic E-state index is 0.391. The van der Waals surface area contributed by atoms with E-state index < -0.39 is 5.97 Å². The van der Waals surface area contributed by atoms with Crippen molar-refractivity contribution in [1.29, 1.82) is 0 Å². The molecule has 4 heteroatoms. The van der Waals surface area contributed by atoms with Crippen molar-refractivity contribution in [3.63, 3.8) is 0 Å². The molecule has 1 heterocycles. The maximum atomic E-state index is 11.3. The molecule has 21 heavy (non-hydrogen) atoms. The molecule has 1 aromatic carbocycles. The first-order valence-electron chi connectivity index (χ1n) is 7.14. The van der Waals surface area contributed by atoms with Gasteiger partial charge in [0.2, 0.25) is 0 Å². The second-order valence-electron chi connectivity index (χ2n) is 5.88. The second-order valence-corrected chi connectivity index (χ2v) is 6.97. The van der Waals surface area contributed by atoms with Gasteiger partial charge in [-0.3, -0.25) is 0 Å². The zero-order valence-electron chi connectivity index (χ0n) is 12.9. The first-order chi connectivity index (χ1) is 9.86. The number of aryl methyl sites for hydroxylation is 2. The summed E-state index contributed by atoms with van der Waals surface area (Å²) >= 11 is 1.30. The van der Waals surface area contributed by atoms with Gasteiger partial charge in [-0.15, -0.1) is 11.3 Å². The van der Waals surface area contributed by atoms with Crippen LogP contribution < -0.4 is 0 Å². The number of thiazole rings is 1. The van der Waals surface area contributed by atoms with Crippen LogP contribution in [0.15, 0.2) is 18.2 Å². The minimum atomic E-state index is -0.866. The maximum Gasteiger partial charge on any atom is 0.347 e. The largest absolute Gasteiger partial charge is 0.477 e. The predicted molar refractivity (Wildman–Crippen MR) is 86.3 cm³/mol. The summed E-state index contributed by atoms with van der Waals surface area (Å²) in [6.45, 7) is 8.33. The molecule has 112 valence electrons. The Morgan fingerprint density at radius 1 is 1.29 bits per heavy atom. The molecular formula is C17H21NO2S. The fourth-order valence-corrected chi connectivity index (χ4v) is 3.22. The summed E-state index contributed by atoms with van der Waals surface area (Å²) in [5.41, 5.74) is 4.43. The van der Waals surface area contributed by atoms with E-state index >= 15 is 0 Å². The molecule has 0 aliphatic heterocycles. The summed E-state index contributed by atoms with van der Waals surface area (Å²) in [6.07, 6.45) is 1.41. The van der Waals surface area contributed by atoms with E-state index in [1.54, 1.807) is 0 Å². The van der Waals surface area contributed by atoms with Gasteiger partial charge in [0.05, 0.1) is 10.7 Å². The topological polar surface area (TPSA) is 50.2 Å².